The van der Waals surface area contributed by atoms with Crippen molar-refractivity contribution in [2.24, 2.45) is 10.7 Å². The standard InChI is InChI=1S/C12H15N5/c1-2-16-8-9(7-13)12(15)17-11-6-4-3-5-10(11)14/h3-6,8,16H,2,14H2,1H3,(H2,15,17)/b9-8+. The molecule has 0 aliphatic rings. The van der Waals surface area contributed by atoms with Crippen LogP contribution in [0.25, 0.3) is 0 Å². The van der Waals surface area contributed by atoms with Crippen LogP contribution in [0.3, 0.4) is 0 Å². The maximum atomic E-state index is 8.92. The SMILES string of the molecule is CCN/C=C(\C#N)C(N)=Nc1ccccc1N. The number of nitriles is 1. The summed E-state index contributed by atoms with van der Waals surface area (Å²) < 4.78 is 0. The third-order valence-electron chi connectivity index (χ3n) is 2.02. The predicted molar refractivity (Wildman–Crippen MR) is 69.5 cm³/mol. The Morgan fingerprint density at radius 2 is 2.24 bits per heavy atom. The summed E-state index contributed by atoms with van der Waals surface area (Å²) in [4.78, 5) is 4.12. The number of rotatable bonds is 4. The van der Waals surface area contributed by atoms with Gasteiger partial charge in [0.15, 0.2) is 0 Å². The first-order valence-corrected chi connectivity index (χ1v) is 5.21. The summed E-state index contributed by atoms with van der Waals surface area (Å²) in [5, 5.41) is 11.8. The summed E-state index contributed by atoms with van der Waals surface area (Å²) in [7, 11) is 0. The lowest BCUT2D eigenvalue weighted by molar-refractivity contribution is 0.916. The number of nitrogens with one attached hydrogen (secondary N) is 1. The summed E-state index contributed by atoms with van der Waals surface area (Å²) in [6.07, 6.45) is 1.54. The van der Waals surface area contributed by atoms with Gasteiger partial charge in [0, 0.05) is 12.7 Å². The van der Waals surface area contributed by atoms with E-state index in [4.69, 9.17) is 16.7 Å². The molecule has 0 aliphatic heterocycles. The monoisotopic (exact) mass is 229 g/mol. The maximum Gasteiger partial charge on any atom is 0.143 e. The molecule has 1 rings (SSSR count). The highest BCUT2D eigenvalue weighted by Crippen LogP contribution is 2.20. The predicted octanol–water partition coefficient (Wildman–Crippen LogP) is 1.27. The van der Waals surface area contributed by atoms with Crippen LogP contribution in [0, 0.1) is 11.3 Å². The lowest BCUT2D eigenvalue weighted by Crippen LogP contribution is -2.16. The van der Waals surface area contributed by atoms with Crippen molar-refractivity contribution < 1.29 is 0 Å². The minimum absolute atomic E-state index is 0.145. The number of hydrogen-bond acceptors (Lipinski definition) is 4. The molecule has 0 amide bonds. The molecule has 5 nitrogen and oxygen atoms in total. The first-order chi connectivity index (χ1) is 8.19. The molecule has 0 atom stereocenters. The maximum absolute atomic E-state index is 8.92. The zero-order chi connectivity index (χ0) is 12.7. The van der Waals surface area contributed by atoms with Crippen molar-refractivity contribution in [3.63, 3.8) is 0 Å². The lowest BCUT2D eigenvalue weighted by Gasteiger charge is -2.02. The van der Waals surface area contributed by atoms with Gasteiger partial charge in [-0.25, -0.2) is 4.99 Å². The van der Waals surface area contributed by atoms with Gasteiger partial charge in [-0.15, -0.1) is 0 Å². The second-order valence-corrected chi connectivity index (χ2v) is 3.28. The Morgan fingerprint density at radius 3 is 2.82 bits per heavy atom. The number of benzene rings is 1. The van der Waals surface area contributed by atoms with Crippen LogP contribution in [0.4, 0.5) is 11.4 Å². The van der Waals surface area contributed by atoms with Crippen LogP contribution in [0.5, 0.6) is 0 Å². The van der Waals surface area contributed by atoms with E-state index in [2.05, 4.69) is 10.3 Å². The summed E-state index contributed by atoms with van der Waals surface area (Å²) in [6.45, 7) is 2.64. The quantitative estimate of drug-likeness (QED) is 0.313. The van der Waals surface area contributed by atoms with Crippen LogP contribution >= 0.6 is 0 Å². The van der Waals surface area contributed by atoms with Crippen LogP contribution in [0.15, 0.2) is 41.0 Å². The largest absolute Gasteiger partial charge is 0.397 e. The Kier molecular flexibility index (Phi) is 4.58. The molecule has 0 unspecified atom stereocenters. The smallest absolute Gasteiger partial charge is 0.143 e. The Bertz CT molecular complexity index is 482. The zero-order valence-electron chi connectivity index (χ0n) is 9.64. The average Bonchev–Trinajstić information content (AvgIpc) is 2.33. The van der Waals surface area contributed by atoms with Crippen LogP contribution < -0.4 is 16.8 Å². The van der Waals surface area contributed by atoms with E-state index in [1.807, 2.05) is 25.1 Å². The van der Waals surface area contributed by atoms with Gasteiger partial charge >= 0.3 is 0 Å². The van der Waals surface area contributed by atoms with Gasteiger partial charge in [-0.3, -0.25) is 0 Å². The van der Waals surface area contributed by atoms with Crippen molar-refractivity contribution in [3.8, 4) is 6.07 Å². The normalized spacial score (nSPS) is 12.0. The number of hydrogen-bond donors (Lipinski definition) is 3. The molecule has 0 fully saturated rings. The molecule has 0 heterocycles. The summed E-state index contributed by atoms with van der Waals surface area (Å²) in [5.41, 5.74) is 12.8. The van der Waals surface area contributed by atoms with Gasteiger partial charge < -0.3 is 16.8 Å². The Morgan fingerprint density at radius 1 is 1.53 bits per heavy atom. The molecule has 17 heavy (non-hydrogen) atoms. The van der Waals surface area contributed by atoms with E-state index in [1.54, 1.807) is 12.1 Å². The van der Waals surface area contributed by atoms with Gasteiger partial charge in [0.05, 0.1) is 11.4 Å². The van der Waals surface area contributed by atoms with E-state index >= 15 is 0 Å². The number of para-hydroxylation sites is 2. The third kappa shape index (κ3) is 3.54. The van der Waals surface area contributed by atoms with E-state index in [1.165, 1.54) is 6.20 Å². The Hall–Kier alpha value is -2.48. The lowest BCUT2D eigenvalue weighted by atomic mass is 10.2. The van der Waals surface area contributed by atoms with Crippen molar-refractivity contribution in [2.45, 2.75) is 6.92 Å². The number of aliphatic imine (C=N–C) groups is 1. The highest BCUT2D eigenvalue weighted by Gasteiger charge is 2.03. The Balaban J connectivity index is 3.00. The second-order valence-electron chi connectivity index (χ2n) is 3.28. The topological polar surface area (TPSA) is 100 Å². The van der Waals surface area contributed by atoms with Gasteiger partial charge in [0.25, 0.3) is 0 Å². The number of nitrogens with two attached hydrogens (primary N) is 2. The van der Waals surface area contributed by atoms with E-state index in [9.17, 15) is 0 Å². The first-order valence-electron chi connectivity index (χ1n) is 5.21. The molecule has 0 radical (unpaired) electrons. The molecule has 1 aromatic carbocycles. The fourth-order valence-corrected chi connectivity index (χ4v) is 1.15. The highest BCUT2D eigenvalue weighted by molar-refractivity contribution is 6.02. The summed E-state index contributed by atoms with van der Waals surface area (Å²) >= 11 is 0. The number of anilines is 1. The third-order valence-corrected chi connectivity index (χ3v) is 2.02. The molecular weight excluding hydrogens is 214 g/mol. The highest BCUT2D eigenvalue weighted by atomic mass is 14.9. The van der Waals surface area contributed by atoms with Crippen molar-refractivity contribution in [1.82, 2.24) is 5.32 Å². The molecule has 5 N–H and O–H groups in total. The van der Waals surface area contributed by atoms with Crippen LogP contribution in [0.2, 0.25) is 0 Å². The molecule has 5 heteroatoms. The van der Waals surface area contributed by atoms with Crippen molar-refractivity contribution in [2.75, 3.05) is 12.3 Å². The minimum atomic E-state index is 0.145. The van der Waals surface area contributed by atoms with E-state index < -0.39 is 0 Å². The van der Waals surface area contributed by atoms with Crippen LogP contribution in [-0.4, -0.2) is 12.4 Å². The van der Waals surface area contributed by atoms with Gasteiger partial charge in [-0.05, 0) is 19.1 Å². The number of amidine groups is 1. The van der Waals surface area contributed by atoms with Gasteiger partial charge in [0.1, 0.15) is 17.5 Å². The molecular formula is C12H15N5. The molecule has 0 spiro atoms. The summed E-state index contributed by atoms with van der Waals surface area (Å²) in [6, 6.07) is 9.07. The molecule has 0 aromatic heterocycles. The molecule has 0 bridgehead atoms. The van der Waals surface area contributed by atoms with Crippen LogP contribution in [0.1, 0.15) is 6.92 Å². The first kappa shape index (κ1) is 12.6. The van der Waals surface area contributed by atoms with Crippen molar-refractivity contribution >= 4 is 17.2 Å². The molecule has 88 valence electrons. The van der Waals surface area contributed by atoms with Gasteiger partial charge in [-0.1, -0.05) is 12.1 Å². The fourth-order valence-electron chi connectivity index (χ4n) is 1.15. The van der Waals surface area contributed by atoms with E-state index in [0.29, 0.717) is 17.9 Å². The summed E-state index contributed by atoms with van der Waals surface area (Å²) in [5.74, 6) is 0.145. The molecule has 0 aliphatic carbocycles. The molecule has 0 saturated heterocycles. The zero-order valence-corrected chi connectivity index (χ0v) is 9.64. The van der Waals surface area contributed by atoms with Gasteiger partial charge in [-0.2, -0.15) is 5.26 Å². The van der Waals surface area contributed by atoms with E-state index in [-0.39, 0.29) is 11.4 Å². The van der Waals surface area contributed by atoms with E-state index in [0.717, 1.165) is 0 Å². The fraction of sp³-hybridized carbons (Fsp3) is 0.167. The molecule has 0 saturated carbocycles. The Labute approximate surface area is 100 Å². The minimum Gasteiger partial charge on any atom is -0.397 e. The van der Waals surface area contributed by atoms with Crippen molar-refractivity contribution in [3.05, 3.63) is 36.0 Å². The average molecular weight is 229 g/mol. The second kappa shape index (κ2) is 6.18. The van der Waals surface area contributed by atoms with Crippen molar-refractivity contribution in [1.29, 1.82) is 5.26 Å². The number of nitrogen functional groups attached to an aromatic ring is 1. The van der Waals surface area contributed by atoms with Crippen LogP contribution in [-0.2, 0) is 0 Å². The molecule has 1 aromatic rings. The van der Waals surface area contributed by atoms with Gasteiger partial charge in [0.2, 0.25) is 0 Å². The number of nitrogens with zero attached hydrogens (tertiary/aromatic N) is 2.